The summed E-state index contributed by atoms with van der Waals surface area (Å²) in [5.41, 5.74) is 1.16. The van der Waals surface area contributed by atoms with Gasteiger partial charge in [-0.1, -0.05) is 17.7 Å². The Morgan fingerprint density at radius 1 is 1.29 bits per heavy atom. The fourth-order valence-electron chi connectivity index (χ4n) is 2.11. The highest BCUT2D eigenvalue weighted by atomic mass is 32.2. The first-order valence-electron chi connectivity index (χ1n) is 6.92. The van der Waals surface area contributed by atoms with E-state index in [1.807, 2.05) is 37.4 Å². The Balaban J connectivity index is 1.81. The van der Waals surface area contributed by atoms with E-state index in [1.165, 1.54) is 4.90 Å². The van der Waals surface area contributed by atoms with E-state index in [4.69, 9.17) is 4.74 Å². The van der Waals surface area contributed by atoms with Gasteiger partial charge in [0.15, 0.2) is 0 Å². The minimum absolute atomic E-state index is 0.151. The van der Waals surface area contributed by atoms with Gasteiger partial charge in [-0.05, 0) is 37.5 Å². The quantitative estimate of drug-likeness (QED) is 0.783. The van der Waals surface area contributed by atoms with Crippen LogP contribution in [-0.4, -0.2) is 48.0 Å². The lowest BCUT2D eigenvalue weighted by Crippen LogP contribution is -2.35. The Kier molecular flexibility index (Phi) is 5.50. The van der Waals surface area contributed by atoms with Crippen molar-refractivity contribution in [2.24, 2.45) is 0 Å². The van der Waals surface area contributed by atoms with Crippen LogP contribution >= 0.6 is 11.8 Å². The highest BCUT2D eigenvalue weighted by Gasteiger charge is 2.37. The molecule has 5 nitrogen and oxygen atoms in total. The van der Waals surface area contributed by atoms with Crippen LogP contribution in [0.2, 0.25) is 0 Å². The molecule has 0 bridgehead atoms. The molecule has 114 valence electrons. The van der Waals surface area contributed by atoms with Crippen molar-refractivity contribution >= 4 is 23.7 Å². The van der Waals surface area contributed by atoms with Crippen molar-refractivity contribution in [3.8, 4) is 5.75 Å². The SMILES string of the molecule is CSCCC1NC(=O)N(CCOc2ccc(C)cc2)C1=O. The molecule has 3 amide bonds. The first-order valence-corrected chi connectivity index (χ1v) is 8.31. The molecule has 0 radical (unpaired) electrons. The second kappa shape index (κ2) is 7.36. The first-order chi connectivity index (χ1) is 10.1. The van der Waals surface area contributed by atoms with Crippen LogP contribution in [0, 0.1) is 6.92 Å². The molecule has 0 aliphatic carbocycles. The van der Waals surface area contributed by atoms with Crippen molar-refractivity contribution in [1.82, 2.24) is 10.2 Å². The summed E-state index contributed by atoms with van der Waals surface area (Å²) >= 11 is 1.66. The lowest BCUT2D eigenvalue weighted by molar-refractivity contribution is -0.127. The third-order valence-electron chi connectivity index (χ3n) is 3.32. The highest BCUT2D eigenvalue weighted by molar-refractivity contribution is 7.98. The summed E-state index contributed by atoms with van der Waals surface area (Å²) in [7, 11) is 0. The summed E-state index contributed by atoms with van der Waals surface area (Å²) in [6, 6.07) is 6.97. The lowest BCUT2D eigenvalue weighted by Gasteiger charge is -2.13. The number of thioether (sulfide) groups is 1. The molecule has 6 heteroatoms. The number of urea groups is 1. The monoisotopic (exact) mass is 308 g/mol. The van der Waals surface area contributed by atoms with E-state index in [1.54, 1.807) is 11.8 Å². The maximum Gasteiger partial charge on any atom is 0.324 e. The predicted molar refractivity (Wildman–Crippen MR) is 83.7 cm³/mol. The second-order valence-corrected chi connectivity index (χ2v) is 5.92. The fourth-order valence-corrected chi connectivity index (χ4v) is 2.58. The van der Waals surface area contributed by atoms with Gasteiger partial charge in [0.2, 0.25) is 0 Å². The smallest absolute Gasteiger partial charge is 0.324 e. The van der Waals surface area contributed by atoms with Gasteiger partial charge in [-0.25, -0.2) is 4.79 Å². The van der Waals surface area contributed by atoms with Crippen LogP contribution in [0.25, 0.3) is 0 Å². The van der Waals surface area contributed by atoms with Gasteiger partial charge in [-0.15, -0.1) is 0 Å². The third-order valence-corrected chi connectivity index (χ3v) is 3.97. The van der Waals surface area contributed by atoms with Gasteiger partial charge < -0.3 is 10.1 Å². The molecule has 1 heterocycles. The molecule has 2 rings (SSSR count). The molecule has 0 spiro atoms. The number of carbonyl (C=O) groups is 2. The van der Waals surface area contributed by atoms with Crippen LogP contribution in [0.4, 0.5) is 4.79 Å². The molecule has 1 aromatic carbocycles. The predicted octanol–water partition coefficient (Wildman–Crippen LogP) is 2.05. The molecule has 1 unspecified atom stereocenters. The Morgan fingerprint density at radius 3 is 2.67 bits per heavy atom. The summed E-state index contributed by atoms with van der Waals surface area (Å²) in [6.07, 6.45) is 2.65. The van der Waals surface area contributed by atoms with E-state index in [0.717, 1.165) is 17.1 Å². The normalized spacial score (nSPS) is 18.0. The number of rotatable bonds is 7. The molecular formula is C15H20N2O3S. The summed E-state index contributed by atoms with van der Waals surface area (Å²) in [6.45, 7) is 2.58. The number of aryl methyl sites for hydroxylation is 1. The van der Waals surface area contributed by atoms with E-state index in [0.29, 0.717) is 13.0 Å². The van der Waals surface area contributed by atoms with Crippen LogP contribution in [0.5, 0.6) is 5.75 Å². The molecule has 21 heavy (non-hydrogen) atoms. The number of nitrogens with zero attached hydrogens (tertiary/aromatic N) is 1. The molecule has 0 saturated carbocycles. The Bertz CT molecular complexity index is 504. The van der Waals surface area contributed by atoms with Gasteiger partial charge in [0.25, 0.3) is 5.91 Å². The van der Waals surface area contributed by atoms with E-state index >= 15 is 0 Å². The van der Waals surface area contributed by atoms with Crippen LogP contribution < -0.4 is 10.1 Å². The van der Waals surface area contributed by atoms with Gasteiger partial charge in [-0.2, -0.15) is 11.8 Å². The average molecular weight is 308 g/mol. The zero-order valence-corrected chi connectivity index (χ0v) is 13.1. The minimum Gasteiger partial charge on any atom is -0.492 e. The van der Waals surface area contributed by atoms with Crippen LogP contribution in [0.1, 0.15) is 12.0 Å². The summed E-state index contributed by atoms with van der Waals surface area (Å²) in [5.74, 6) is 1.44. The van der Waals surface area contributed by atoms with Crippen LogP contribution in [-0.2, 0) is 4.79 Å². The summed E-state index contributed by atoms with van der Waals surface area (Å²) in [4.78, 5) is 25.1. The van der Waals surface area contributed by atoms with Crippen molar-refractivity contribution in [1.29, 1.82) is 0 Å². The Hall–Kier alpha value is -1.69. The summed E-state index contributed by atoms with van der Waals surface area (Å²) < 4.78 is 5.56. The Morgan fingerprint density at radius 2 is 2.00 bits per heavy atom. The summed E-state index contributed by atoms with van der Waals surface area (Å²) in [5, 5.41) is 2.71. The number of imide groups is 1. The van der Waals surface area contributed by atoms with Crippen molar-refractivity contribution in [2.75, 3.05) is 25.2 Å². The molecule has 1 saturated heterocycles. The number of hydrogen-bond acceptors (Lipinski definition) is 4. The van der Waals surface area contributed by atoms with Crippen molar-refractivity contribution in [3.63, 3.8) is 0 Å². The largest absolute Gasteiger partial charge is 0.492 e. The lowest BCUT2D eigenvalue weighted by atomic mass is 10.2. The average Bonchev–Trinajstić information content (AvgIpc) is 2.74. The number of nitrogens with one attached hydrogen (secondary N) is 1. The molecule has 1 aliphatic heterocycles. The van der Waals surface area contributed by atoms with Gasteiger partial charge in [0, 0.05) is 0 Å². The molecule has 1 atom stereocenters. The molecule has 1 N–H and O–H groups in total. The molecule has 0 aromatic heterocycles. The van der Waals surface area contributed by atoms with Crippen LogP contribution in [0.3, 0.4) is 0 Å². The molecule has 1 aromatic rings. The second-order valence-electron chi connectivity index (χ2n) is 4.93. The molecular weight excluding hydrogens is 288 g/mol. The number of amides is 3. The third kappa shape index (κ3) is 4.14. The van der Waals surface area contributed by atoms with Gasteiger partial charge in [0.05, 0.1) is 6.54 Å². The van der Waals surface area contributed by atoms with Crippen molar-refractivity contribution in [3.05, 3.63) is 29.8 Å². The van der Waals surface area contributed by atoms with Gasteiger partial charge in [-0.3, -0.25) is 9.69 Å². The maximum absolute atomic E-state index is 12.1. The number of carbonyl (C=O) groups excluding carboxylic acids is 2. The van der Waals surface area contributed by atoms with Crippen molar-refractivity contribution in [2.45, 2.75) is 19.4 Å². The zero-order valence-electron chi connectivity index (χ0n) is 12.3. The van der Waals surface area contributed by atoms with E-state index in [2.05, 4.69) is 5.32 Å². The van der Waals surface area contributed by atoms with Gasteiger partial charge in [0.1, 0.15) is 18.4 Å². The molecule has 1 aliphatic rings. The van der Waals surface area contributed by atoms with Crippen molar-refractivity contribution < 1.29 is 14.3 Å². The first kappa shape index (κ1) is 15.7. The standard InChI is InChI=1S/C15H20N2O3S/c1-11-3-5-12(6-4-11)20-9-8-17-14(18)13(7-10-21-2)16-15(17)19/h3-6,13H,7-10H2,1-2H3,(H,16,19). The number of benzene rings is 1. The van der Waals surface area contributed by atoms with E-state index in [9.17, 15) is 9.59 Å². The van der Waals surface area contributed by atoms with E-state index in [-0.39, 0.29) is 24.5 Å². The van der Waals surface area contributed by atoms with E-state index < -0.39 is 0 Å². The van der Waals surface area contributed by atoms with Gasteiger partial charge >= 0.3 is 6.03 Å². The fraction of sp³-hybridized carbons (Fsp3) is 0.467. The minimum atomic E-state index is -0.385. The topological polar surface area (TPSA) is 58.6 Å². The van der Waals surface area contributed by atoms with Crippen LogP contribution in [0.15, 0.2) is 24.3 Å². The maximum atomic E-state index is 12.1. The number of hydrogen-bond donors (Lipinski definition) is 1. The number of ether oxygens (including phenoxy) is 1. The highest BCUT2D eigenvalue weighted by Crippen LogP contribution is 2.13. The Labute approximate surface area is 129 Å². The zero-order chi connectivity index (χ0) is 15.2. The molecule has 1 fully saturated rings.